The van der Waals surface area contributed by atoms with Gasteiger partial charge in [0.25, 0.3) is 10.2 Å². The lowest BCUT2D eigenvalue weighted by Crippen LogP contribution is -2.48. The van der Waals surface area contributed by atoms with Crippen LogP contribution in [0.2, 0.25) is 5.02 Å². The van der Waals surface area contributed by atoms with Gasteiger partial charge < -0.3 is 5.11 Å². The zero-order valence-electron chi connectivity index (χ0n) is 19.7. The van der Waals surface area contributed by atoms with Crippen LogP contribution in [0, 0.1) is 17.6 Å². The number of nitrogens with zero attached hydrogens (tertiary/aromatic N) is 1. The summed E-state index contributed by atoms with van der Waals surface area (Å²) >= 11 is 5.91. The van der Waals surface area contributed by atoms with Crippen molar-refractivity contribution in [1.82, 2.24) is 9.03 Å². The first-order valence-electron chi connectivity index (χ1n) is 11.8. The summed E-state index contributed by atoms with van der Waals surface area (Å²) in [4.78, 5) is 11.3. The minimum Gasteiger partial charge on any atom is -0.480 e. The van der Waals surface area contributed by atoms with E-state index in [0.717, 1.165) is 22.5 Å². The Labute approximate surface area is 219 Å². The lowest BCUT2D eigenvalue weighted by molar-refractivity contribution is -0.140. The number of carboxylic acids is 1. The van der Waals surface area contributed by atoms with Crippen molar-refractivity contribution in [3.63, 3.8) is 0 Å². The van der Waals surface area contributed by atoms with Crippen molar-refractivity contribution in [2.45, 2.75) is 54.2 Å². The van der Waals surface area contributed by atoms with E-state index in [-0.39, 0.29) is 61.6 Å². The van der Waals surface area contributed by atoms with E-state index in [4.69, 9.17) is 11.6 Å². The van der Waals surface area contributed by atoms with E-state index in [2.05, 4.69) is 4.72 Å². The topological polar surface area (TPSA) is 121 Å². The maximum atomic E-state index is 15.0. The number of sulfone groups is 1. The van der Waals surface area contributed by atoms with E-state index in [1.54, 1.807) is 0 Å². The third-order valence-electron chi connectivity index (χ3n) is 7.32. The van der Waals surface area contributed by atoms with Crippen molar-refractivity contribution in [2.75, 3.05) is 13.1 Å². The van der Waals surface area contributed by atoms with Gasteiger partial charge in [-0.3, -0.25) is 4.79 Å². The second kappa shape index (κ2) is 10.6. The number of halogens is 3. The first kappa shape index (κ1) is 27.9. The first-order chi connectivity index (χ1) is 17.4. The zero-order chi connectivity index (χ0) is 27.0. The molecular formula is C24H27ClF2N2O6S2. The van der Waals surface area contributed by atoms with Crippen molar-refractivity contribution in [1.29, 1.82) is 0 Å². The van der Waals surface area contributed by atoms with Crippen molar-refractivity contribution in [3.05, 3.63) is 64.7 Å². The van der Waals surface area contributed by atoms with Crippen LogP contribution in [-0.2, 0) is 29.6 Å². The molecule has 0 aromatic heterocycles. The molecule has 8 nitrogen and oxygen atoms in total. The molecule has 2 aromatic rings. The highest BCUT2D eigenvalue weighted by atomic mass is 35.5. The van der Waals surface area contributed by atoms with Crippen LogP contribution >= 0.6 is 11.6 Å². The molecule has 0 radical (unpaired) electrons. The van der Waals surface area contributed by atoms with Crippen LogP contribution in [0.1, 0.15) is 44.1 Å². The van der Waals surface area contributed by atoms with Gasteiger partial charge in [0, 0.05) is 23.7 Å². The maximum Gasteiger partial charge on any atom is 0.322 e. The molecule has 2 N–H and O–H groups in total. The molecule has 1 saturated carbocycles. The molecule has 1 aliphatic carbocycles. The van der Waals surface area contributed by atoms with Crippen LogP contribution in [0.15, 0.2) is 47.4 Å². The molecule has 37 heavy (non-hydrogen) atoms. The largest absolute Gasteiger partial charge is 0.480 e. The highest BCUT2D eigenvalue weighted by molar-refractivity contribution is 7.92. The van der Waals surface area contributed by atoms with Crippen LogP contribution in [0.4, 0.5) is 8.78 Å². The number of nitrogens with one attached hydrogen (secondary N) is 1. The van der Waals surface area contributed by atoms with Crippen molar-refractivity contribution < 1.29 is 35.5 Å². The van der Waals surface area contributed by atoms with Crippen molar-refractivity contribution in [3.8, 4) is 0 Å². The average molecular weight is 577 g/mol. The Morgan fingerprint density at radius 1 is 1.05 bits per heavy atom. The Balaban J connectivity index is 1.58. The fourth-order valence-electron chi connectivity index (χ4n) is 5.30. The number of carbonyl (C=O) groups is 1. The van der Waals surface area contributed by atoms with Crippen LogP contribution in [0.25, 0.3) is 0 Å². The van der Waals surface area contributed by atoms with E-state index in [9.17, 15) is 35.5 Å². The monoisotopic (exact) mass is 576 g/mol. The summed E-state index contributed by atoms with van der Waals surface area (Å²) in [6.07, 6.45) is 0.967. The smallest absolute Gasteiger partial charge is 0.322 e. The molecule has 0 bridgehead atoms. The molecule has 202 valence electrons. The van der Waals surface area contributed by atoms with Crippen LogP contribution in [0.3, 0.4) is 0 Å². The summed E-state index contributed by atoms with van der Waals surface area (Å²) in [5, 5.41) is 9.62. The number of hydrogen-bond acceptors (Lipinski definition) is 5. The minimum absolute atomic E-state index is 0.0339. The van der Waals surface area contributed by atoms with E-state index in [1.165, 1.54) is 24.3 Å². The SMILES string of the molecule is O=C(O)C1CCCN1S(=O)(=O)NCC1CCC(c2cc(F)ccc2F)(S(=O)(=O)c2ccc(Cl)cc2)CC1. The number of aliphatic carboxylic acids is 1. The quantitative estimate of drug-likeness (QED) is 0.492. The van der Waals surface area contributed by atoms with E-state index in [1.807, 2.05) is 0 Å². The molecule has 1 unspecified atom stereocenters. The minimum atomic E-state index is -4.21. The summed E-state index contributed by atoms with van der Waals surface area (Å²) in [7, 11) is -8.27. The molecule has 1 atom stereocenters. The summed E-state index contributed by atoms with van der Waals surface area (Å²) < 4.78 is 84.0. The summed E-state index contributed by atoms with van der Waals surface area (Å²) in [6, 6.07) is 7.07. The molecule has 2 fully saturated rings. The Morgan fingerprint density at radius 3 is 2.32 bits per heavy atom. The normalized spacial score (nSPS) is 25.3. The Hall–Kier alpha value is -2.12. The molecular weight excluding hydrogens is 550 g/mol. The summed E-state index contributed by atoms with van der Waals surface area (Å²) in [5.41, 5.74) is -0.261. The van der Waals surface area contributed by atoms with Gasteiger partial charge in [-0.25, -0.2) is 21.9 Å². The summed E-state index contributed by atoms with van der Waals surface area (Å²) in [5.74, 6) is -3.11. The van der Waals surface area contributed by atoms with Gasteiger partial charge in [-0.15, -0.1) is 0 Å². The van der Waals surface area contributed by atoms with Crippen LogP contribution in [-0.4, -0.2) is 51.3 Å². The summed E-state index contributed by atoms with van der Waals surface area (Å²) in [6.45, 7) is 0.0616. The highest BCUT2D eigenvalue weighted by Crippen LogP contribution is 2.49. The Morgan fingerprint density at radius 2 is 1.70 bits per heavy atom. The van der Waals surface area contributed by atoms with Gasteiger partial charge in [0.2, 0.25) is 0 Å². The molecule has 2 aliphatic rings. The average Bonchev–Trinajstić information content (AvgIpc) is 3.37. The second-order valence-electron chi connectivity index (χ2n) is 9.48. The van der Waals surface area contributed by atoms with E-state index in [0.29, 0.717) is 11.4 Å². The van der Waals surface area contributed by atoms with Gasteiger partial charge in [0.1, 0.15) is 22.4 Å². The third kappa shape index (κ3) is 5.40. The molecule has 1 heterocycles. The molecule has 0 amide bonds. The molecule has 1 aliphatic heterocycles. The first-order valence-corrected chi connectivity index (χ1v) is 15.1. The van der Waals surface area contributed by atoms with E-state index < -0.39 is 48.4 Å². The van der Waals surface area contributed by atoms with Crippen molar-refractivity contribution in [2.24, 2.45) is 5.92 Å². The van der Waals surface area contributed by atoms with Crippen LogP contribution in [0.5, 0.6) is 0 Å². The van der Waals surface area contributed by atoms with Gasteiger partial charge in [-0.1, -0.05) is 11.6 Å². The lowest BCUT2D eigenvalue weighted by atomic mass is 9.77. The zero-order valence-corrected chi connectivity index (χ0v) is 22.1. The van der Waals surface area contributed by atoms with E-state index >= 15 is 0 Å². The Kier molecular flexibility index (Phi) is 7.97. The standard InChI is InChI=1S/C24H27ClF2N2O6S2/c25-17-3-6-19(7-4-17)36(32,33)24(20-14-18(26)5-8-21(20)27)11-9-16(10-12-24)15-28-37(34,35)29-13-1-2-22(29)23(30)31/h3-8,14,16,22,28H,1-2,9-13,15H2,(H,30,31). The fourth-order valence-corrected chi connectivity index (χ4v) is 9.10. The highest BCUT2D eigenvalue weighted by Gasteiger charge is 2.50. The number of carboxylic acid groups (broad SMARTS) is 1. The van der Waals surface area contributed by atoms with Gasteiger partial charge in [0.15, 0.2) is 9.84 Å². The predicted molar refractivity (Wildman–Crippen MR) is 133 cm³/mol. The Bertz CT molecular complexity index is 1380. The van der Waals surface area contributed by atoms with Crippen molar-refractivity contribution >= 4 is 37.6 Å². The molecule has 4 rings (SSSR count). The molecule has 2 aromatic carbocycles. The second-order valence-corrected chi connectivity index (χ2v) is 13.9. The van der Waals surface area contributed by atoms with Gasteiger partial charge in [0.05, 0.1) is 4.90 Å². The number of benzene rings is 2. The third-order valence-corrected chi connectivity index (χ3v) is 11.7. The molecule has 0 spiro atoms. The van der Waals surface area contributed by atoms with Gasteiger partial charge >= 0.3 is 5.97 Å². The number of rotatable bonds is 8. The fraction of sp³-hybridized carbons (Fsp3) is 0.458. The predicted octanol–water partition coefficient (Wildman–Crippen LogP) is 3.86. The van der Waals surface area contributed by atoms with Crippen LogP contribution < -0.4 is 4.72 Å². The van der Waals surface area contributed by atoms with Gasteiger partial charge in [-0.05, 0) is 86.9 Å². The molecule has 13 heteroatoms. The lowest BCUT2D eigenvalue weighted by Gasteiger charge is -2.40. The number of hydrogen-bond donors (Lipinski definition) is 2. The maximum absolute atomic E-state index is 15.0. The van der Waals surface area contributed by atoms with Gasteiger partial charge in [-0.2, -0.15) is 12.7 Å². The molecule has 1 saturated heterocycles.